The van der Waals surface area contributed by atoms with Crippen molar-refractivity contribution < 1.29 is 14.3 Å². The highest BCUT2D eigenvalue weighted by molar-refractivity contribution is 6.05. The zero-order valence-corrected chi connectivity index (χ0v) is 14.6. The Kier molecular flexibility index (Phi) is 4.40. The number of hydrogen-bond donors (Lipinski definition) is 0. The molecule has 0 aromatic carbocycles. The Balaban J connectivity index is 1.78. The van der Waals surface area contributed by atoms with Crippen molar-refractivity contribution in [1.29, 1.82) is 0 Å². The summed E-state index contributed by atoms with van der Waals surface area (Å²) in [6, 6.07) is 0. The molecule has 0 unspecified atom stereocenters. The van der Waals surface area contributed by atoms with Gasteiger partial charge in [0.05, 0.1) is 7.11 Å². The van der Waals surface area contributed by atoms with E-state index in [9.17, 15) is 9.59 Å². The van der Waals surface area contributed by atoms with Gasteiger partial charge in [0.1, 0.15) is 5.41 Å². The van der Waals surface area contributed by atoms with E-state index >= 15 is 0 Å². The fourth-order valence-corrected chi connectivity index (χ4v) is 4.17. The maximum atomic E-state index is 13.0. The molecule has 23 heavy (non-hydrogen) atoms. The molecule has 1 aliphatic carbocycles. The monoisotopic (exact) mass is 323 g/mol. The van der Waals surface area contributed by atoms with Crippen molar-refractivity contribution in [2.24, 2.45) is 5.41 Å². The van der Waals surface area contributed by atoms with E-state index in [0.717, 1.165) is 52.0 Å². The number of piperidine rings is 1. The highest BCUT2D eigenvalue weighted by atomic mass is 16.5. The van der Waals surface area contributed by atoms with Crippen LogP contribution in [0.1, 0.15) is 32.1 Å². The van der Waals surface area contributed by atoms with Gasteiger partial charge in [-0.3, -0.25) is 14.5 Å². The molecule has 1 spiro atoms. The van der Waals surface area contributed by atoms with Crippen molar-refractivity contribution in [3.63, 3.8) is 0 Å². The molecule has 0 aromatic rings. The van der Waals surface area contributed by atoms with E-state index in [0.29, 0.717) is 12.8 Å². The molecule has 130 valence electrons. The zero-order chi connectivity index (χ0) is 16.7. The first-order valence-corrected chi connectivity index (χ1v) is 8.71. The van der Waals surface area contributed by atoms with Crippen molar-refractivity contribution in [3.8, 4) is 0 Å². The summed E-state index contributed by atoms with van der Waals surface area (Å²) in [7, 11) is 5.72. The van der Waals surface area contributed by atoms with Gasteiger partial charge in [0.15, 0.2) is 0 Å². The van der Waals surface area contributed by atoms with Crippen LogP contribution in [0.5, 0.6) is 0 Å². The normalized spacial score (nSPS) is 27.5. The van der Waals surface area contributed by atoms with Crippen LogP contribution in [0.15, 0.2) is 0 Å². The third kappa shape index (κ3) is 2.87. The zero-order valence-electron chi connectivity index (χ0n) is 14.6. The fourth-order valence-electron chi connectivity index (χ4n) is 4.17. The lowest BCUT2D eigenvalue weighted by Crippen LogP contribution is -2.59. The predicted octanol–water partition coefficient (Wildman–Crippen LogP) is 0.568. The second kappa shape index (κ2) is 6.06. The van der Waals surface area contributed by atoms with Gasteiger partial charge in [0, 0.05) is 25.2 Å². The summed E-state index contributed by atoms with van der Waals surface area (Å²) in [6.07, 6.45) is 4.41. The quantitative estimate of drug-likeness (QED) is 0.549. The van der Waals surface area contributed by atoms with Gasteiger partial charge in [-0.1, -0.05) is 0 Å². The van der Waals surface area contributed by atoms with E-state index in [1.807, 2.05) is 4.90 Å². The molecule has 0 N–H and O–H groups in total. The minimum Gasteiger partial charge on any atom is -0.468 e. The van der Waals surface area contributed by atoms with Crippen LogP contribution in [0.4, 0.5) is 0 Å². The van der Waals surface area contributed by atoms with E-state index in [-0.39, 0.29) is 17.4 Å². The molecule has 2 saturated heterocycles. The molecule has 6 heteroatoms. The van der Waals surface area contributed by atoms with Crippen molar-refractivity contribution in [1.82, 2.24) is 14.7 Å². The van der Waals surface area contributed by atoms with Crippen LogP contribution >= 0.6 is 0 Å². The topological polar surface area (TPSA) is 53.1 Å². The minimum absolute atomic E-state index is 0.00190. The second-order valence-corrected chi connectivity index (χ2v) is 7.60. The molecule has 3 aliphatic rings. The molecule has 1 amide bonds. The number of hydrogen-bond acceptors (Lipinski definition) is 5. The number of nitrogens with zero attached hydrogens (tertiary/aromatic N) is 3. The highest BCUT2D eigenvalue weighted by Crippen LogP contribution is 2.49. The van der Waals surface area contributed by atoms with Crippen LogP contribution in [0.3, 0.4) is 0 Å². The third-order valence-corrected chi connectivity index (χ3v) is 6.16. The molecule has 0 atom stereocenters. The first-order chi connectivity index (χ1) is 10.9. The van der Waals surface area contributed by atoms with Crippen LogP contribution < -0.4 is 0 Å². The highest BCUT2D eigenvalue weighted by Gasteiger charge is 2.60. The Bertz CT molecular complexity index is 481. The van der Waals surface area contributed by atoms with Crippen LogP contribution in [0.2, 0.25) is 0 Å². The summed E-state index contributed by atoms with van der Waals surface area (Å²) in [5.41, 5.74) is -0.810. The SMILES string of the molecule is COC(=O)C1(C(=O)N2CCCN(C)C3(CCN(C)CC3)C2)CC1. The lowest BCUT2D eigenvalue weighted by Gasteiger charge is -2.47. The third-order valence-electron chi connectivity index (χ3n) is 6.16. The molecule has 3 fully saturated rings. The van der Waals surface area contributed by atoms with E-state index < -0.39 is 5.41 Å². The van der Waals surface area contributed by atoms with Crippen LogP contribution in [-0.4, -0.2) is 86.0 Å². The molecule has 1 saturated carbocycles. The smallest absolute Gasteiger partial charge is 0.321 e. The van der Waals surface area contributed by atoms with Crippen molar-refractivity contribution in [2.75, 3.05) is 53.9 Å². The number of methoxy groups -OCH3 is 1. The number of esters is 1. The number of amides is 1. The van der Waals surface area contributed by atoms with Gasteiger partial charge >= 0.3 is 5.97 Å². The first kappa shape index (κ1) is 16.7. The Morgan fingerprint density at radius 2 is 1.61 bits per heavy atom. The van der Waals surface area contributed by atoms with E-state index in [1.165, 1.54) is 7.11 Å². The first-order valence-electron chi connectivity index (χ1n) is 8.71. The van der Waals surface area contributed by atoms with Crippen LogP contribution in [0.25, 0.3) is 0 Å². The maximum absolute atomic E-state index is 13.0. The lowest BCUT2D eigenvalue weighted by atomic mass is 9.85. The number of ether oxygens (including phenoxy) is 1. The molecule has 6 nitrogen and oxygen atoms in total. The van der Waals surface area contributed by atoms with Crippen molar-refractivity contribution in [3.05, 3.63) is 0 Å². The summed E-state index contributed by atoms with van der Waals surface area (Å²) >= 11 is 0. The van der Waals surface area contributed by atoms with Crippen LogP contribution in [0, 0.1) is 5.41 Å². The Labute approximate surface area is 138 Å². The Hall–Kier alpha value is -1.14. The van der Waals surface area contributed by atoms with Gasteiger partial charge < -0.3 is 14.5 Å². The molecule has 0 bridgehead atoms. The molecular weight excluding hydrogens is 294 g/mol. The Morgan fingerprint density at radius 3 is 2.17 bits per heavy atom. The lowest BCUT2D eigenvalue weighted by molar-refractivity contribution is -0.156. The second-order valence-electron chi connectivity index (χ2n) is 7.60. The van der Waals surface area contributed by atoms with E-state index in [4.69, 9.17) is 4.74 Å². The van der Waals surface area contributed by atoms with Gasteiger partial charge in [-0.25, -0.2) is 0 Å². The fraction of sp³-hybridized carbons (Fsp3) is 0.882. The van der Waals surface area contributed by atoms with Crippen molar-refractivity contribution in [2.45, 2.75) is 37.6 Å². The molecule has 0 aromatic heterocycles. The van der Waals surface area contributed by atoms with Gasteiger partial charge in [0.2, 0.25) is 5.91 Å². The standard InChI is InChI=1S/C17H29N3O3/c1-18-11-7-16(8-12-18)13-20(10-4-9-19(16)2)14(21)17(5-6-17)15(22)23-3/h4-13H2,1-3H3. The molecule has 0 radical (unpaired) electrons. The van der Waals surface area contributed by atoms with Crippen LogP contribution in [-0.2, 0) is 14.3 Å². The average molecular weight is 323 g/mol. The van der Waals surface area contributed by atoms with Gasteiger partial charge in [0.25, 0.3) is 0 Å². The summed E-state index contributed by atoms with van der Waals surface area (Å²) < 4.78 is 4.89. The number of likely N-dealkylation sites (N-methyl/N-ethyl adjacent to an activating group) is 1. The van der Waals surface area contributed by atoms with E-state index in [1.54, 1.807) is 0 Å². The maximum Gasteiger partial charge on any atom is 0.321 e. The molecule has 3 rings (SSSR count). The van der Waals surface area contributed by atoms with Gasteiger partial charge in [-0.05, 0) is 59.3 Å². The van der Waals surface area contributed by atoms with Gasteiger partial charge in [-0.2, -0.15) is 0 Å². The molecular formula is C17H29N3O3. The number of rotatable bonds is 2. The summed E-state index contributed by atoms with van der Waals surface area (Å²) in [5, 5.41) is 0. The van der Waals surface area contributed by atoms with Crippen molar-refractivity contribution >= 4 is 11.9 Å². The summed E-state index contributed by atoms with van der Waals surface area (Å²) in [4.78, 5) is 31.8. The minimum atomic E-state index is -0.871. The average Bonchev–Trinajstić information content (AvgIpc) is 3.36. The number of likely N-dealkylation sites (tertiary alicyclic amines) is 1. The summed E-state index contributed by atoms with van der Waals surface area (Å²) in [6.45, 7) is 4.64. The predicted molar refractivity (Wildman–Crippen MR) is 87.0 cm³/mol. The largest absolute Gasteiger partial charge is 0.468 e. The molecule has 2 aliphatic heterocycles. The van der Waals surface area contributed by atoms with Gasteiger partial charge in [-0.15, -0.1) is 0 Å². The number of carbonyl (C=O) groups is 2. The summed E-state index contributed by atoms with van der Waals surface area (Å²) in [5.74, 6) is -0.351. The number of carbonyl (C=O) groups excluding carboxylic acids is 2. The Morgan fingerprint density at radius 1 is 0.957 bits per heavy atom. The van der Waals surface area contributed by atoms with E-state index in [2.05, 4.69) is 23.9 Å². The molecule has 2 heterocycles.